The van der Waals surface area contributed by atoms with E-state index in [-0.39, 0.29) is 16.1 Å². The van der Waals surface area contributed by atoms with E-state index in [0.717, 1.165) is 0 Å². The Bertz CT molecular complexity index is 1370. The van der Waals surface area contributed by atoms with Crippen molar-refractivity contribution < 1.29 is 17.8 Å². The van der Waals surface area contributed by atoms with Crippen molar-refractivity contribution in [2.24, 2.45) is 5.73 Å². The molecule has 9 nitrogen and oxygen atoms in total. The second kappa shape index (κ2) is 4.88. The second-order valence-electron chi connectivity index (χ2n) is 5.45. The molecule has 1 amide bonds. The van der Waals surface area contributed by atoms with Crippen molar-refractivity contribution in [1.82, 2.24) is 14.4 Å². The maximum absolute atomic E-state index is 12.4. The van der Waals surface area contributed by atoms with Gasteiger partial charge in [-0.05, 0) is 36.4 Å². The van der Waals surface area contributed by atoms with Crippen molar-refractivity contribution in [3.05, 3.63) is 52.4 Å². The van der Waals surface area contributed by atoms with Gasteiger partial charge in [0.1, 0.15) is 0 Å². The molecule has 4 rings (SSSR count). The average Bonchev–Trinajstić information content (AvgIpc) is 2.93. The molecule has 0 bridgehead atoms. The standard InChI is InChI=1S/C15H10N4O5S/c16-13(20)7-1-3-11-12(5-7)19-14(17-11)9-6-8(25(22,23)24)2-4-10(9)18-15(19)21/h1-6H,(H2,16,20)(H,18,21)(H,22,23,24). The number of benzene rings is 2. The van der Waals surface area contributed by atoms with E-state index in [1.54, 1.807) is 6.07 Å². The Morgan fingerprint density at radius 1 is 1.20 bits per heavy atom. The number of imidazole rings is 1. The topological polar surface area (TPSA) is 148 Å². The van der Waals surface area contributed by atoms with E-state index in [2.05, 4.69) is 9.97 Å². The van der Waals surface area contributed by atoms with Crippen LogP contribution in [-0.2, 0) is 10.1 Å². The van der Waals surface area contributed by atoms with E-state index in [0.29, 0.717) is 21.9 Å². The summed E-state index contributed by atoms with van der Waals surface area (Å²) in [5, 5.41) is 0.326. The highest BCUT2D eigenvalue weighted by atomic mass is 32.2. The van der Waals surface area contributed by atoms with Gasteiger partial charge in [-0.1, -0.05) is 0 Å². The van der Waals surface area contributed by atoms with E-state index < -0.39 is 21.7 Å². The molecule has 0 spiro atoms. The highest BCUT2D eigenvalue weighted by Gasteiger charge is 2.16. The van der Waals surface area contributed by atoms with Crippen LogP contribution in [0.3, 0.4) is 0 Å². The van der Waals surface area contributed by atoms with Crippen LogP contribution >= 0.6 is 0 Å². The monoisotopic (exact) mass is 358 g/mol. The van der Waals surface area contributed by atoms with Gasteiger partial charge in [-0.3, -0.25) is 9.35 Å². The van der Waals surface area contributed by atoms with Gasteiger partial charge in [-0.15, -0.1) is 0 Å². The molecule has 0 atom stereocenters. The molecular weight excluding hydrogens is 348 g/mol. The van der Waals surface area contributed by atoms with E-state index in [4.69, 9.17) is 5.73 Å². The van der Waals surface area contributed by atoms with Gasteiger partial charge in [-0.25, -0.2) is 14.2 Å². The molecule has 0 unspecified atom stereocenters. The first-order valence-electron chi connectivity index (χ1n) is 7.01. The van der Waals surface area contributed by atoms with Crippen LogP contribution in [0, 0.1) is 0 Å². The van der Waals surface area contributed by atoms with Crippen LogP contribution in [0.15, 0.2) is 46.1 Å². The third kappa shape index (κ3) is 2.27. The highest BCUT2D eigenvalue weighted by molar-refractivity contribution is 7.85. The number of nitrogens with two attached hydrogens (primary N) is 1. The number of hydrogen-bond acceptors (Lipinski definition) is 5. The molecule has 4 N–H and O–H groups in total. The van der Waals surface area contributed by atoms with Crippen LogP contribution in [0.4, 0.5) is 0 Å². The zero-order valence-corrected chi connectivity index (χ0v) is 13.2. The summed E-state index contributed by atoms with van der Waals surface area (Å²) < 4.78 is 33.2. The minimum atomic E-state index is -4.41. The molecule has 0 aliphatic heterocycles. The van der Waals surface area contributed by atoms with E-state index in [9.17, 15) is 22.6 Å². The number of H-pyrrole nitrogens is 1. The Morgan fingerprint density at radius 3 is 2.64 bits per heavy atom. The van der Waals surface area contributed by atoms with Crippen molar-refractivity contribution >= 4 is 43.6 Å². The van der Waals surface area contributed by atoms with E-state index in [1.165, 1.54) is 34.7 Å². The van der Waals surface area contributed by atoms with E-state index >= 15 is 0 Å². The maximum atomic E-state index is 12.4. The van der Waals surface area contributed by atoms with Crippen molar-refractivity contribution in [3.8, 4) is 0 Å². The van der Waals surface area contributed by atoms with Gasteiger partial charge in [0.15, 0.2) is 5.65 Å². The number of nitrogens with one attached hydrogen (secondary N) is 1. The Morgan fingerprint density at radius 2 is 1.96 bits per heavy atom. The fourth-order valence-electron chi connectivity index (χ4n) is 2.76. The zero-order valence-electron chi connectivity index (χ0n) is 12.4. The third-order valence-electron chi connectivity index (χ3n) is 3.91. The van der Waals surface area contributed by atoms with Gasteiger partial charge in [0, 0.05) is 10.9 Å². The number of amides is 1. The summed E-state index contributed by atoms with van der Waals surface area (Å²) in [5.74, 6) is -0.650. The van der Waals surface area contributed by atoms with Gasteiger partial charge in [0.05, 0.1) is 21.4 Å². The minimum Gasteiger partial charge on any atom is -0.366 e. The molecular formula is C15H10N4O5S. The number of primary amides is 1. The van der Waals surface area contributed by atoms with Crippen LogP contribution in [0.1, 0.15) is 10.4 Å². The number of aromatic amines is 1. The minimum absolute atomic E-state index is 0.195. The molecule has 0 saturated carbocycles. The normalized spacial score (nSPS) is 12.2. The number of rotatable bonds is 2. The highest BCUT2D eigenvalue weighted by Crippen LogP contribution is 2.24. The predicted molar refractivity (Wildman–Crippen MR) is 89.2 cm³/mol. The lowest BCUT2D eigenvalue weighted by molar-refractivity contribution is 0.100. The summed E-state index contributed by atoms with van der Waals surface area (Å²) in [4.78, 5) is 30.4. The van der Waals surface area contributed by atoms with Gasteiger partial charge in [-0.2, -0.15) is 8.42 Å². The molecule has 0 aliphatic rings. The van der Waals surface area contributed by atoms with Crippen LogP contribution in [0.25, 0.3) is 27.6 Å². The van der Waals surface area contributed by atoms with Crippen molar-refractivity contribution in [3.63, 3.8) is 0 Å². The van der Waals surface area contributed by atoms with Gasteiger partial charge < -0.3 is 10.7 Å². The fraction of sp³-hybridized carbons (Fsp3) is 0. The lowest BCUT2D eigenvalue weighted by Gasteiger charge is -2.03. The number of aromatic nitrogens is 3. The lowest BCUT2D eigenvalue weighted by Crippen LogP contribution is -2.17. The summed E-state index contributed by atoms with van der Waals surface area (Å²) in [5.41, 5.74) is 6.30. The molecule has 0 radical (unpaired) electrons. The summed E-state index contributed by atoms with van der Waals surface area (Å²) in [6.07, 6.45) is 0. The Kier molecular flexibility index (Phi) is 2.99. The first-order valence-corrected chi connectivity index (χ1v) is 8.45. The van der Waals surface area contributed by atoms with E-state index in [1.807, 2.05) is 0 Å². The number of carbonyl (C=O) groups is 1. The van der Waals surface area contributed by atoms with Crippen LogP contribution < -0.4 is 11.4 Å². The molecule has 2 aromatic carbocycles. The smallest absolute Gasteiger partial charge is 0.332 e. The largest absolute Gasteiger partial charge is 0.366 e. The number of hydrogen-bond donors (Lipinski definition) is 3. The van der Waals surface area contributed by atoms with Crippen molar-refractivity contribution in [2.75, 3.05) is 0 Å². The number of carbonyl (C=O) groups excluding carboxylic acids is 1. The third-order valence-corrected chi connectivity index (χ3v) is 4.76. The molecule has 2 aromatic heterocycles. The average molecular weight is 358 g/mol. The molecule has 4 aromatic rings. The van der Waals surface area contributed by atoms with Crippen LogP contribution in [0.2, 0.25) is 0 Å². The molecule has 0 fully saturated rings. The number of nitrogens with zero attached hydrogens (tertiary/aromatic N) is 2. The number of fused-ring (bicyclic) bond motifs is 5. The van der Waals surface area contributed by atoms with Gasteiger partial charge in [0.25, 0.3) is 10.1 Å². The zero-order chi connectivity index (χ0) is 17.9. The molecule has 25 heavy (non-hydrogen) atoms. The van der Waals surface area contributed by atoms with Gasteiger partial charge >= 0.3 is 5.69 Å². The lowest BCUT2D eigenvalue weighted by atomic mass is 10.2. The molecule has 0 aliphatic carbocycles. The first-order chi connectivity index (χ1) is 11.8. The molecule has 126 valence electrons. The Hall–Kier alpha value is -3.24. The van der Waals surface area contributed by atoms with Crippen LogP contribution in [0.5, 0.6) is 0 Å². The summed E-state index contributed by atoms with van der Waals surface area (Å²) in [7, 11) is -4.41. The quantitative estimate of drug-likeness (QED) is 0.449. The van der Waals surface area contributed by atoms with Gasteiger partial charge in [0.2, 0.25) is 5.91 Å². The maximum Gasteiger partial charge on any atom is 0.332 e. The Labute approximate surface area is 139 Å². The molecule has 2 heterocycles. The molecule has 10 heteroatoms. The SMILES string of the molecule is NC(=O)c1ccc2nc3c4cc(S(=O)(=O)O)ccc4[nH]c(=O)n3c2c1. The summed E-state index contributed by atoms with van der Waals surface area (Å²) in [6.45, 7) is 0. The van der Waals surface area contributed by atoms with Crippen molar-refractivity contribution in [1.29, 1.82) is 0 Å². The Balaban J connectivity index is 2.21. The summed E-state index contributed by atoms with van der Waals surface area (Å²) >= 11 is 0. The first kappa shape index (κ1) is 15.3. The van der Waals surface area contributed by atoms with Crippen molar-refractivity contribution in [2.45, 2.75) is 4.90 Å². The fourth-order valence-corrected chi connectivity index (χ4v) is 3.27. The second-order valence-corrected chi connectivity index (χ2v) is 6.87. The predicted octanol–water partition coefficient (Wildman–Crippen LogP) is 0.675. The van der Waals surface area contributed by atoms with Crippen LogP contribution in [-0.4, -0.2) is 33.2 Å². The molecule has 0 saturated heterocycles. The summed E-state index contributed by atoms with van der Waals surface area (Å²) in [6, 6.07) is 8.23.